The van der Waals surface area contributed by atoms with Gasteiger partial charge in [-0.05, 0) is 44.7 Å². The van der Waals surface area contributed by atoms with Gasteiger partial charge in [-0.1, -0.05) is 18.2 Å². The highest BCUT2D eigenvalue weighted by Gasteiger charge is 2.61. The number of alkyl halides is 2. The van der Waals surface area contributed by atoms with Crippen molar-refractivity contribution in [2.45, 2.75) is 63.4 Å². The number of esters is 1. The number of nitrogens with one attached hydrogen (secondary N) is 1. The smallest absolute Gasteiger partial charge is 0.323 e. The number of aliphatic hydroxyl groups is 2. The lowest BCUT2D eigenvalue weighted by Crippen LogP contribution is -2.53. The third kappa shape index (κ3) is 6.07. The number of nitrogens with zero attached hydrogens (tertiary/aromatic N) is 4. The van der Waals surface area contributed by atoms with Crippen LogP contribution in [0.2, 0.25) is 0 Å². The number of imidazole rings is 1. The zero-order valence-electron chi connectivity index (χ0n) is 21.6. The normalized spacial score (nSPS) is 25.3. The summed E-state index contributed by atoms with van der Waals surface area (Å²) in [5, 5.41) is 24.4. The molecule has 1 aliphatic rings. The average Bonchev–Trinajstić information content (AvgIpc) is 3.43. The molecule has 6 atom stereocenters. The third-order valence-electron chi connectivity index (χ3n) is 5.98. The zero-order chi connectivity index (χ0) is 29.2. The highest BCUT2D eigenvalue weighted by Crippen LogP contribution is 2.49. The van der Waals surface area contributed by atoms with E-state index >= 15 is 0 Å². The summed E-state index contributed by atoms with van der Waals surface area (Å²) in [5.41, 5.74) is 3.38. The Balaban J connectivity index is 1.63. The van der Waals surface area contributed by atoms with Crippen molar-refractivity contribution in [3.05, 3.63) is 43.0 Å². The largest absolute Gasteiger partial charge is 0.462 e. The molecule has 40 heavy (non-hydrogen) atoms. The van der Waals surface area contributed by atoms with Crippen molar-refractivity contribution in [3.8, 4) is 5.75 Å². The predicted octanol–water partition coefficient (Wildman–Crippen LogP) is 1.91. The van der Waals surface area contributed by atoms with Crippen LogP contribution in [0.5, 0.6) is 5.75 Å². The fourth-order valence-corrected chi connectivity index (χ4v) is 6.43. The number of nitrogen functional groups attached to an aromatic ring is 1. The van der Waals surface area contributed by atoms with E-state index < -0.39 is 61.8 Å². The van der Waals surface area contributed by atoms with E-state index in [1.54, 1.807) is 44.2 Å². The number of halogens is 2. The second-order valence-corrected chi connectivity index (χ2v) is 12.4. The number of hydrogen-bond donors (Lipinski definition) is 4. The molecule has 218 valence electrons. The van der Waals surface area contributed by atoms with E-state index in [1.165, 1.54) is 13.3 Å². The van der Waals surface area contributed by atoms with E-state index in [0.29, 0.717) is 0 Å². The lowest BCUT2D eigenvalue weighted by Gasteiger charge is -2.34. The number of aromatic nitrogens is 4. The Bertz CT molecular complexity index is 1390. The summed E-state index contributed by atoms with van der Waals surface area (Å²) in [5.74, 6) is -0.482. The third-order valence-corrected chi connectivity index (χ3v) is 8.46. The number of nitrogens with two attached hydrogens (primary N) is 1. The lowest BCUT2D eigenvalue weighted by molar-refractivity contribution is -0.191. The number of hydrogen-bond acceptors (Lipinski definition) is 12. The molecule has 13 nitrogen and oxygen atoms in total. The number of para-hydroxylation sites is 1. The molecule has 17 heteroatoms. The summed E-state index contributed by atoms with van der Waals surface area (Å²) < 4.78 is 52.9. The molecule has 4 rings (SSSR count). The van der Waals surface area contributed by atoms with Crippen LogP contribution >= 0.6 is 6.64 Å². The molecule has 6 unspecified atom stereocenters. The Morgan fingerprint density at radius 3 is 2.60 bits per heavy atom. The summed E-state index contributed by atoms with van der Waals surface area (Å²) in [6.45, 7) is -0.0427. The SMILES string of the molecule is CC(C)OC(=O)C(C)NP(=S)(OCC1(C(F)F)OC(n2cnc3ncnc(N)c32)C(O)C1O)Oc1ccccc1. The fraction of sp³-hybridized carbons (Fsp3) is 0.478. The van der Waals surface area contributed by atoms with Gasteiger partial charge in [0, 0.05) is 0 Å². The topological polar surface area (TPSA) is 176 Å². The Morgan fingerprint density at radius 2 is 1.95 bits per heavy atom. The second kappa shape index (κ2) is 11.9. The van der Waals surface area contributed by atoms with Gasteiger partial charge in [0.25, 0.3) is 6.43 Å². The molecule has 1 aromatic carbocycles. The van der Waals surface area contributed by atoms with Gasteiger partial charge in [0.2, 0.25) is 0 Å². The maximum absolute atomic E-state index is 14.7. The minimum atomic E-state index is -3.79. The summed E-state index contributed by atoms with van der Waals surface area (Å²) >= 11 is 5.58. The molecule has 0 radical (unpaired) electrons. The summed E-state index contributed by atoms with van der Waals surface area (Å²) in [4.78, 5) is 24.3. The Morgan fingerprint density at radius 1 is 1.25 bits per heavy atom. The van der Waals surface area contributed by atoms with E-state index in [2.05, 4.69) is 20.0 Å². The maximum atomic E-state index is 14.7. The Labute approximate surface area is 232 Å². The molecule has 1 aliphatic heterocycles. The van der Waals surface area contributed by atoms with Crippen LogP contribution in [0.25, 0.3) is 11.2 Å². The van der Waals surface area contributed by atoms with Crippen molar-refractivity contribution in [3.63, 3.8) is 0 Å². The van der Waals surface area contributed by atoms with Gasteiger partial charge in [0.1, 0.15) is 42.2 Å². The van der Waals surface area contributed by atoms with Crippen molar-refractivity contribution >= 4 is 41.4 Å². The fourth-order valence-electron chi connectivity index (χ4n) is 4.01. The number of rotatable bonds is 11. The molecule has 0 spiro atoms. The number of ether oxygens (including phenoxy) is 2. The minimum Gasteiger partial charge on any atom is -0.462 e. The highest BCUT2D eigenvalue weighted by atomic mass is 32.5. The molecule has 0 saturated carbocycles. The van der Waals surface area contributed by atoms with Gasteiger partial charge < -0.3 is 34.5 Å². The second-order valence-electron chi connectivity index (χ2n) is 9.29. The first-order valence-corrected chi connectivity index (χ1v) is 14.7. The number of benzene rings is 1. The summed E-state index contributed by atoms with van der Waals surface area (Å²) in [6.07, 6.45) is -7.03. The van der Waals surface area contributed by atoms with E-state index in [4.69, 9.17) is 36.1 Å². The van der Waals surface area contributed by atoms with Crippen LogP contribution in [0.4, 0.5) is 14.6 Å². The highest BCUT2D eigenvalue weighted by molar-refractivity contribution is 8.09. The maximum Gasteiger partial charge on any atom is 0.323 e. The van der Waals surface area contributed by atoms with Gasteiger partial charge in [-0.3, -0.25) is 9.36 Å². The number of carbonyl (C=O) groups excluding carboxylic acids is 1. The Hall–Kier alpha value is -2.85. The first-order valence-electron chi connectivity index (χ1n) is 12.1. The van der Waals surface area contributed by atoms with Crippen molar-refractivity contribution in [2.75, 3.05) is 12.3 Å². The lowest BCUT2D eigenvalue weighted by atomic mass is 9.96. The molecular formula is C23H29F2N6O7PS. The monoisotopic (exact) mass is 602 g/mol. The Kier molecular flexibility index (Phi) is 8.99. The minimum absolute atomic E-state index is 0.0446. The molecule has 1 saturated heterocycles. The van der Waals surface area contributed by atoms with Gasteiger partial charge in [-0.25, -0.2) is 28.8 Å². The molecule has 3 heterocycles. The van der Waals surface area contributed by atoms with Crippen LogP contribution in [0.15, 0.2) is 43.0 Å². The van der Waals surface area contributed by atoms with Crippen LogP contribution < -0.4 is 15.3 Å². The summed E-state index contributed by atoms with van der Waals surface area (Å²) in [7, 11) is 0. The first-order chi connectivity index (χ1) is 18.9. The molecule has 0 bridgehead atoms. The predicted molar refractivity (Wildman–Crippen MR) is 142 cm³/mol. The van der Waals surface area contributed by atoms with E-state index in [-0.39, 0.29) is 22.7 Å². The number of carbonyl (C=O) groups is 1. The van der Waals surface area contributed by atoms with E-state index in [1.807, 2.05) is 0 Å². The van der Waals surface area contributed by atoms with E-state index in [9.17, 15) is 23.8 Å². The van der Waals surface area contributed by atoms with Gasteiger partial charge in [0.05, 0.1) is 12.7 Å². The van der Waals surface area contributed by atoms with Gasteiger partial charge in [0.15, 0.2) is 23.3 Å². The molecule has 0 aliphatic carbocycles. The van der Waals surface area contributed by atoms with Crippen molar-refractivity contribution in [2.24, 2.45) is 0 Å². The van der Waals surface area contributed by atoms with Gasteiger partial charge in [-0.2, -0.15) is 0 Å². The van der Waals surface area contributed by atoms with Crippen LogP contribution in [0, 0.1) is 0 Å². The molecule has 3 aromatic rings. The van der Waals surface area contributed by atoms with E-state index in [0.717, 1.165) is 10.9 Å². The van der Waals surface area contributed by atoms with Crippen LogP contribution in [0.1, 0.15) is 27.0 Å². The summed E-state index contributed by atoms with van der Waals surface area (Å²) in [6, 6.07) is 7.10. The van der Waals surface area contributed by atoms with Gasteiger partial charge >= 0.3 is 12.6 Å². The number of fused-ring (bicyclic) bond motifs is 1. The molecule has 1 fully saturated rings. The molecule has 5 N–H and O–H groups in total. The van der Waals surface area contributed by atoms with Crippen LogP contribution in [0.3, 0.4) is 0 Å². The van der Waals surface area contributed by atoms with Gasteiger partial charge in [-0.15, -0.1) is 0 Å². The van der Waals surface area contributed by atoms with Crippen molar-refractivity contribution in [1.29, 1.82) is 0 Å². The quantitative estimate of drug-likeness (QED) is 0.185. The number of aliphatic hydroxyl groups excluding tert-OH is 2. The molecule has 0 amide bonds. The molecular weight excluding hydrogens is 573 g/mol. The van der Waals surface area contributed by atoms with Crippen LogP contribution in [-0.4, -0.2) is 78.7 Å². The number of anilines is 1. The van der Waals surface area contributed by atoms with Crippen molar-refractivity contribution in [1.82, 2.24) is 24.6 Å². The zero-order valence-corrected chi connectivity index (χ0v) is 23.3. The van der Waals surface area contributed by atoms with Crippen LogP contribution in [-0.2, 0) is 30.6 Å². The average molecular weight is 603 g/mol. The van der Waals surface area contributed by atoms with Crippen molar-refractivity contribution < 1.29 is 42.3 Å². The first kappa shape index (κ1) is 30.1. The standard InChI is InChI=1S/C23H29F2N6O7PS/c1-12(2)36-21(34)13(3)30-39(40,38-14-7-5-4-6-8-14)35-9-23(22(24)25)17(33)16(32)20(37-23)31-11-29-19-15(31)18(26)27-10-28-19/h4-8,10-13,16-17,20,22,32-33H,9H2,1-3H3,(H,30,40)(H2,26,27,28). The molecule has 2 aromatic heterocycles.